The van der Waals surface area contributed by atoms with E-state index in [4.69, 9.17) is 11.1 Å². The fourth-order valence-corrected chi connectivity index (χ4v) is 2.33. The van der Waals surface area contributed by atoms with Gasteiger partial charge in [0, 0.05) is 5.69 Å². The van der Waals surface area contributed by atoms with E-state index in [0.29, 0.717) is 11.4 Å². The molecule has 0 fully saturated rings. The van der Waals surface area contributed by atoms with E-state index in [0.717, 1.165) is 35.5 Å². The average molecular weight is 272 g/mol. The van der Waals surface area contributed by atoms with Gasteiger partial charge in [0.05, 0.1) is 17.0 Å². The second kappa shape index (κ2) is 5.40. The molecule has 0 spiro atoms. The first-order valence-electron chi connectivity index (χ1n) is 6.74. The van der Waals surface area contributed by atoms with E-state index in [1.807, 2.05) is 32.3 Å². The largest absolute Gasteiger partial charge is 0.384 e. The highest BCUT2D eigenvalue weighted by molar-refractivity contribution is 5.99. The molecule has 0 atom stereocenters. The van der Waals surface area contributed by atoms with Gasteiger partial charge in [0.1, 0.15) is 12.2 Å². The smallest absolute Gasteiger partial charge is 0.172 e. The van der Waals surface area contributed by atoms with Crippen LogP contribution in [0.4, 0.5) is 0 Å². The van der Waals surface area contributed by atoms with Crippen molar-refractivity contribution >= 4 is 5.84 Å². The van der Waals surface area contributed by atoms with Crippen molar-refractivity contribution < 1.29 is 0 Å². The maximum atomic E-state index is 7.90. The molecule has 2 aromatic heterocycles. The molecule has 2 rings (SSSR count). The molecule has 6 nitrogen and oxygen atoms in total. The first-order chi connectivity index (χ1) is 9.51. The molecule has 0 bridgehead atoms. The maximum Gasteiger partial charge on any atom is 0.172 e. The summed E-state index contributed by atoms with van der Waals surface area (Å²) >= 11 is 0. The van der Waals surface area contributed by atoms with Crippen LogP contribution in [0, 0.1) is 19.3 Å². The zero-order valence-corrected chi connectivity index (χ0v) is 12.4. The van der Waals surface area contributed by atoms with Gasteiger partial charge in [-0.25, -0.2) is 4.98 Å². The molecular formula is C14H20N6. The summed E-state index contributed by atoms with van der Waals surface area (Å²) in [6.45, 7) is 7.97. The number of hydrogen-bond donors (Lipinski definition) is 2. The van der Waals surface area contributed by atoms with Crippen LogP contribution in [0.1, 0.15) is 42.1 Å². The zero-order chi connectivity index (χ0) is 14.9. The van der Waals surface area contributed by atoms with Gasteiger partial charge in [-0.2, -0.15) is 5.10 Å². The number of amidine groups is 1. The molecule has 0 aromatic carbocycles. The van der Waals surface area contributed by atoms with Crippen molar-refractivity contribution in [3.05, 3.63) is 34.5 Å². The number of nitrogen functional groups attached to an aromatic ring is 1. The second-order valence-corrected chi connectivity index (χ2v) is 4.73. The second-order valence-electron chi connectivity index (χ2n) is 4.73. The molecule has 6 heteroatoms. The molecule has 0 aliphatic heterocycles. The predicted octanol–water partition coefficient (Wildman–Crippen LogP) is 1.69. The summed E-state index contributed by atoms with van der Waals surface area (Å²) in [6, 6.07) is 0. The Bertz CT molecular complexity index is 656. The van der Waals surface area contributed by atoms with Gasteiger partial charge in [0.15, 0.2) is 5.82 Å². The molecule has 0 radical (unpaired) electrons. The molecule has 0 unspecified atom stereocenters. The Labute approximate surface area is 118 Å². The quantitative estimate of drug-likeness (QED) is 0.654. The lowest BCUT2D eigenvalue weighted by atomic mass is 10.0. The third-order valence-corrected chi connectivity index (χ3v) is 3.58. The van der Waals surface area contributed by atoms with E-state index < -0.39 is 0 Å². The number of aryl methyl sites for hydroxylation is 2. The Morgan fingerprint density at radius 1 is 1.25 bits per heavy atom. The predicted molar refractivity (Wildman–Crippen MR) is 78.4 cm³/mol. The average Bonchev–Trinajstić information content (AvgIpc) is 2.77. The van der Waals surface area contributed by atoms with Gasteiger partial charge in [0.25, 0.3) is 0 Å². The first kappa shape index (κ1) is 14.2. The minimum absolute atomic E-state index is 0.0206. The number of nitrogens with zero attached hydrogens (tertiary/aromatic N) is 4. The van der Waals surface area contributed by atoms with Gasteiger partial charge in [-0.05, 0) is 32.3 Å². The molecular weight excluding hydrogens is 252 g/mol. The third-order valence-electron chi connectivity index (χ3n) is 3.58. The number of hydrogen-bond acceptors (Lipinski definition) is 4. The van der Waals surface area contributed by atoms with Gasteiger partial charge in [0.2, 0.25) is 0 Å². The van der Waals surface area contributed by atoms with Crippen LogP contribution in [0.3, 0.4) is 0 Å². The SMILES string of the molecule is CCc1nnc(-n2cnc(C)c2C)c(C(=N)N)c1CC. The van der Waals surface area contributed by atoms with Crippen LogP contribution in [0.25, 0.3) is 5.82 Å². The Kier molecular flexibility index (Phi) is 3.83. The minimum Gasteiger partial charge on any atom is -0.384 e. The molecule has 0 aliphatic rings. The van der Waals surface area contributed by atoms with Crippen molar-refractivity contribution in [2.75, 3.05) is 0 Å². The van der Waals surface area contributed by atoms with Gasteiger partial charge >= 0.3 is 0 Å². The van der Waals surface area contributed by atoms with Crippen LogP contribution >= 0.6 is 0 Å². The van der Waals surface area contributed by atoms with Crippen LogP contribution in [0.2, 0.25) is 0 Å². The molecule has 2 heterocycles. The van der Waals surface area contributed by atoms with Gasteiger partial charge in [-0.3, -0.25) is 9.98 Å². The molecule has 106 valence electrons. The van der Waals surface area contributed by atoms with E-state index in [-0.39, 0.29) is 5.84 Å². The molecule has 2 aromatic rings. The van der Waals surface area contributed by atoms with E-state index in [1.54, 1.807) is 6.33 Å². The topological polar surface area (TPSA) is 93.5 Å². The number of rotatable bonds is 4. The van der Waals surface area contributed by atoms with Crippen LogP contribution < -0.4 is 5.73 Å². The standard InChI is InChI=1S/C14H20N6/c1-5-10-11(6-2)18-19-14(12(10)13(15)16)20-7-17-8(3)9(20)4/h7H,5-6H2,1-4H3,(H3,15,16). The Morgan fingerprint density at radius 2 is 1.95 bits per heavy atom. The van der Waals surface area contributed by atoms with Gasteiger partial charge in [-0.15, -0.1) is 5.10 Å². The number of imidazole rings is 1. The highest BCUT2D eigenvalue weighted by Gasteiger charge is 2.19. The van der Waals surface area contributed by atoms with Crippen LogP contribution in [0.15, 0.2) is 6.33 Å². The molecule has 0 amide bonds. The summed E-state index contributed by atoms with van der Waals surface area (Å²) < 4.78 is 1.84. The summed E-state index contributed by atoms with van der Waals surface area (Å²) in [5.41, 5.74) is 10.3. The lowest BCUT2D eigenvalue weighted by Crippen LogP contribution is -2.21. The van der Waals surface area contributed by atoms with E-state index in [2.05, 4.69) is 15.2 Å². The monoisotopic (exact) mass is 272 g/mol. The molecule has 0 saturated carbocycles. The van der Waals surface area contributed by atoms with Crippen molar-refractivity contribution in [2.45, 2.75) is 40.5 Å². The van der Waals surface area contributed by atoms with Crippen LogP contribution in [-0.2, 0) is 12.8 Å². The van der Waals surface area contributed by atoms with Crippen molar-refractivity contribution in [2.24, 2.45) is 5.73 Å². The maximum absolute atomic E-state index is 7.90. The first-order valence-corrected chi connectivity index (χ1v) is 6.74. The van der Waals surface area contributed by atoms with E-state index in [1.165, 1.54) is 0 Å². The summed E-state index contributed by atoms with van der Waals surface area (Å²) in [5.74, 6) is 0.608. The molecule has 0 aliphatic carbocycles. The van der Waals surface area contributed by atoms with E-state index in [9.17, 15) is 0 Å². The summed E-state index contributed by atoms with van der Waals surface area (Å²) in [4.78, 5) is 4.27. The number of aromatic nitrogens is 4. The summed E-state index contributed by atoms with van der Waals surface area (Å²) in [5, 5.41) is 16.5. The van der Waals surface area contributed by atoms with Crippen molar-refractivity contribution in [1.29, 1.82) is 5.41 Å². The Morgan fingerprint density at radius 3 is 2.40 bits per heavy atom. The lowest BCUT2D eigenvalue weighted by molar-refractivity contribution is 0.821. The van der Waals surface area contributed by atoms with E-state index >= 15 is 0 Å². The summed E-state index contributed by atoms with van der Waals surface area (Å²) in [6.07, 6.45) is 3.25. The minimum atomic E-state index is 0.0206. The van der Waals surface area contributed by atoms with Crippen LogP contribution in [0.5, 0.6) is 0 Å². The fraction of sp³-hybridized carbons (Fsp3) is 0.429. The highest BCUT2D eigenvalue weighted by Crippen LogP contribution is 2.21. The highest BCUT2D eigenvalue weighted by atomic mass is 15.2. The number of nitrogens with one attached hydrogen (secondary N) is 1. The third kappa shape index (κ3) is 2.17. The van der Waals surface area contributed by atoms with Gasteiger partial charge < -0.3 is 5.73 Å². The lowest BCUT2D eigenvalue weighted by Gasteiger charge is -2.15. The molecule has 3 N–H and O–H groups in total. The normalized spacial score (nSPS) is 10.8. The van der Waals surface area contributed by atoms with Crippen LogP contribution in [-0.4, -0.2) is 25.6 Å². The van der Waals surface area contributed by atoms with Crippen molar-refractivity contribution in [3.8, 4) is 5.82 Å². The van der Waals surface area contributed by atoms with Crippen molar-refractivity contribution in [1.82, 2.24) is 19.7 Å². The van der Waals surface area contributed by atoms with Crippen molar-refractivity contribution in [3.63, 3.8) is 0 Å². The summed E-state index contributed by atoms with van der Waals surface area (Å²) in [7, 11) is 0. The molecule has 20 heavy (non-hydrogen) atoms. The number of nitrogens with two attached hydrogens (primary N) is 1. The molecule has 0 saturated heterocycles. The zero-order valence-electron chi connectivity index (χ0n) is 12.4. The Hall–Kier alpha value is -2.24. The van der Waals surface area contributed by atoms with Gasteiger partial charge in [-0.1, -0.05) is 13.8 Å². The Balaban J connectivity index is 2.77. The fourth-order valence-electron chi connectivity index (χ4n) is 2.33.